The van der Waals surface area contributed by atoms with E-state index < -0.39 is 41.2 Å². The highest BCUT2D eigenvalue weighted by Gasteiger charge is 2.25. The molecule has 0 atom stereocenters. The number of carbonyl (C=O) groups excluding carboxylic acids is 1. The minimum Gasteiger partial charge on any atom is -0.319 e. The minimum atomic E-state index is -2.96. The van der Waals surface area contributed by atoms with Gasteiger partial charge in [-0.3, -0.25) is 9.48 Å². The van der Waals surface area contributed by atoms with Gasteiger partial charge < -0.3 is 5.32 Å². The first-order valence-electron chi connectivity index (χ1n) is 9.07. The van der Waals surface area contributed by atoms with Crippen LogP contribution in [0.3, 0.4) is 0 Å². The number of alkyl halides is 2. The highest BCUT2D eigenvalue weighted by Crippen LogP contribution is 2.27. The molecule has 160 valence electrons. The number of amides is 1. The number of anilines is 1. The molecule has 0 saturated carbocycles. The van der Waals surface area contributed by atoms with Gasteiger partial charge in [0.05, 0.1) is 23.1 Å². The molecule has 0 aliphatic rings. The van der Waals surface area contributed by atoms with E-state index in [2.05, 4.69) is 15.5 Å². The largest absolute Gasteiger partial charge is 0.319 e. The molecule has 0 radical (unpaired) electrons. The van der Waals surface area contributed by atoms with Crippen molar-refractivity contribution in [2.24, 2.45) is 7.05 Å². The van der Waals surface area contributed by atoms with Crippen LogP contribution in [0, 0.1) is 17.5 Å². The van der Waals surface area contributed by atoms with E-state index in [9.17, 15) is 26.7 Å². The fourth-order valence-electron chi connectivity index (χ4n) is 3.02. The van der Waals surface area contributed by atoms with Gasteiger partial charge in [-0.15, -0.1) is 0 Å². The Morgan fingerprint density at radius 3 is 2.47 bits per heavy atom. The topological polar surface area (TPSA) is 64.7 Å². The fraction of sp³-hybridized carbons (Fsp3) is 0.316. The second kappa shape index (κ2) is 8.64. The first kappa shape index (κ1) is 21.5. The van der Waals surface area contributed by atoms with E-state index >= 15 is 0 Å². The van der Waals surface area contributed by atoms with E-state index in [1.165, 1.54) is 7.05 Å². The maximum absolute atomic E-state index is 14.3. The van der Waals surface area contributed by atoms with Crippen molar-refractivity contribution in [3.63, 3.8) is 0 Å². The van der Waals surface area contributed by atoms with Crippen molar-refractivity contribution in [2.75, 3.05) is 5.32 Å². The van der Waals surface area contributed by atoms with Gasteiger partial charge in [-0.1, -0.05) is 13.3 Å². The van der Waals surface area contributed by atoms with Crippen molar-refractivity contribution in [1.29, 1.82) is 0 Å². The van der Waals surface area contributed by atoms with E-state index in [1.54, 1.807) is 0 Å². The third-order valence-electron chi connectivity index (χ3n) is 4.39. The number of aryl methyl sites for hydroxylation is 1. The predicted octanol–water partition coefficient (Wildman–Crippen LogP) is 4.56. The lowest BCUT2D eigenvalue weighted by molar-refractivity contribution is 0.101. The molecule has 1 N–H and O–H groups in total. The van der Waals surface area contributed by atoms with E-state index in [1.807, 2.05) is 6.92 Å². The summed E-state index contributed by atoms with van der Waals surface area (Å²) in [6.45, 7) is 1.89. The molecular formula is C19H18F5N5O. The lowest BCUT2D eigenvalue weighted by Gasteiger charge is -2.12. The number of hydrogen-bond acceptors (Lipinski definition) is 3. The molecule has 0 spiro atoms. The molecule has 2 aromatic heterocycles. The third kappa shape index (κ3) is 4.19. The summed E-state index contributed by atoms with van der Waals surface area (Å²) in [4.78, 5) is 12.6. The Labute approximate surface area is 168 Å². The smallest absolute Gasteiger partial charge is 0.282 e. The first-order valence-corrected chi connectivity index (χ1v) is 9.07. The van der Waals surface area contributed by atoms with Crippen LogP contribution in [-0.4, -0.2) is 25.5 Å². The Morgan fingerprint density at radius 2 is 1.87 bits per heavy atom. The Bertz CT molecular complexity index is 1050. The van der Waals surface area contributed by atoms with Crippen molar-refractivity contribution < 1.29 is 26.7 Å². The van der Waals surface area contributed by atoms with Crippen LogP contribution in [0.2, 0.25) is 0 Å². The van der Waals surface area contributed by atoms with Gasteiger partial charge in [0, 0.05) is 25.4 Å². The highest BCUT2D eigenvalue weighted by atomic mass is 19.3. The van der Waals surface area contributed by atoms with Crippen molar-refractivity contribution in [2.45, 2.75) is 32.6 Å². The van der Waals surface area contributed by atoms with Gasteiger partial charge in [0.15, 0.2) is 11.6 Å². The summed E-state index contributed by atoms with van der Waals surface area (Å²) in [6.07, 6.45) is 0.934. The summed E-state index contributed by atoms with van der Waals surface area (Å²) in [5.74, 6) is -4.28. The van der Waals surface area contributed by atoms with Crippen molar-refractivity contribution in [1.82, 2.24) is 19.6 Å². The number of halogens is 5. The molecule has 1 amide bonds. The van der Waals surface area contributed by atoms with Crippen LogP contribution in [0.1, 0.15) is 47.9 Å². The molecule has 3 aromatic rings. The number of benzene rings is 1. The van der Waals surface area contributed by atoms with E-state index in [0.717, 1.165) is 28.2 Å². The summed E-state index contributed by atoms with van der Waals surface area (Å²) in [5.41, 5.74) is -1.27. The summed E-state index contributed by atoms with van der Waals surface area (Å²) in [6, 6.07) is 1.04. The van der Waals surface area contributed by atoms with Gasteiger partial charge in [0.2, 0.25) is 0 Å². The average molecular weight is 427 g/mol. The van der Waals surface area contributed by atoms with Gasteiger partial charge in [-0.25, -0.2) is 26.6 Å². The number of aromatic nitrogens is 4. The lowest BCUT2D eigenvalue weighted by atomic mass is 10.1. The number of nitrogens with zero attached hydrogens (tertiary/aromatic N) is 4. The summed E-state index contributed by atoms with van der Waals surface area (Å²) < 4.78 is 70.1. The number of nitrogens with one attached hydrogen (secondary N) is 1. The molecule has 0 fully saturated rings. The summed E-state index contributed by atoms with van der Waals surface area (Å²) >= 11 is 0. The molecule has 0 aliphatic carbocycles. The standard InChI is InChI=1S/C19H18F5N5O/c1-3-4-5-15-14(26-19(30)11-9-28(2)27-16(11)18(23)24)8-25-29(15)17-12(21)6-10(20)7-13(17)22/h6-9,18H,3-5H2,1-2H3,(H,26,30). The Morgan fingerprint density at radius 1 is 1.20 bits per heavy atom. The second-order valence-corrected chi connectivity index (χ2v) is 6.59. The van der Waals surface area contributed by atoms with Crippen molar-refractivity contribution >= 4 is 11.6 Å². The van der Waals surface area contributed by atoms with E-state index in [4.69, 9.17) is 0 Å². The quantitative estimate of drug-likeness (QED) is 0.563. The zero-order valence-corrected chi connectivity index (χ0v) is 16.1. The SMILES string of the molecule is CCCCc1c(NC(=O)c2cn(C)nc2C(F)F)cnn1-c1c(F)cc(F)cc1F. The monoisotopic (exact) mass is 427 g/mol. The van der Waals surface area contributed by atoms with Gasteiger partial charge in [0.1, 0.15) is 17.2 Å². The van der Waals surface area contributed by atoms with Crippen LogP contribution >= 0.6 is 0 Å². The Hall–Kier alpha value is -3.24. The molecular weight excluding hydrogens is 409 g/mol. The lowest BCUT2D eigenvalue weighted by Crippen LogP contribution is -2.15. The summed E-state index contributed by atoms with van der Waals surface area (Å²) in [5, 5.41) is 9.97. The third-order valence-corrected chi connectivity index (χ3v) is 4.39. The molecule has 30 heavy (non-hydrogen) atoms. The van der Waals surface area contributed by atoms with Crippen LogP contribution in [0.5, 0.6) is 0 Å². The van der Waals surface area contributed by atoms with Crippen LogP contribution in [0.4, 0.5) is 27.6 Å². The molecule has 0 aliphatic heterocycles. The van der Waals surface area contributed by atoms with E-state index in [0.29, 0.717) is 18.6 Å². The Kier molecular flexibility index (Phi) is 6.18. The maximum atomic E-state index is 14.3. The number of rotatable bonds is 7. The normalized spacial score (nSPS) is 11.3. The zero-order chi connectivity index (χ0) is 22.0. The van der Waals surface area contributed by atoms with Crippen molar-refractivity contribution in [3.05, 3.63) is 58.9 Å². The number of unbranched alkanes of at least 4 members (excludes halogenated alkanes) is 1. The van der Waals surface area contributed by atoms with Gasteiger partial charge >= 0.3 is 0 Å². The van der Waals surface area contributed by atoms with Crippen LogP contribution in [0.15, 0.2) is 24.5 Å². The zero-order valence-electron chi connectivity index (χ0n) is 16.1. The molecule has 11 heteroatoms. The average Bonchev–Trinajstić information content (AvgIpc) is 3.23. The van der Waals surface area contributed by atoms with Gasteiger partial charge in [0.25, 0.3) is 12.3 Å². The molecule has 2 heterocycles. The minimum absolute atomic E-state index is 0.0978. The molecule has 3 rings (SSSR count). The molecule has 0 bridgehead atoms. The van der Waals surface area contributed by atoms with Gasteiger partial charge in [-0.05, 0) is 12.8 Å². The van der Waals surface area contributed by atoms with Crippen LogP contribution in [0.25, 0.3) is 5.69 Å². The molecule has 0 saturated heterocycles. The fourth-order valence-corrected chi connectivity index (χ4v) is 3.02. The van der Waals surface area contributed by atoms with Crippen LogP contribution < -0.4 is 5.32 Å². The van der Waals surface area contributed by atoms with E-state index in [-0.39, 0.29) is 23.4 Å². The first-order chi connectivity index (χ1) is 14.2. The molecule has 1 aromatic carbocycles. The second-order valence-electron chi connectivity index (χ2n) is 6.59. The Balaban J connectivity index is 2.02. The highest BCUT2D eigenvalue weighted by molar-refractivity contribution is 6.05. The number of carbonyl (C=O) groups is 1. The van der Waals surface area contributed by atoms with Gasteiger partial charge in [-0.2, -0.15) is 10.2 Å². The number of hydrogen-bond donors (Lipinski definition) is 1. The predicted molar refractivity (Wildman–Crippen MR) is 98.2 cm³/mol. The summed E-state index contributed by atoms with van der Waals surface area (Å²) in [7, 11) is 1.40. The maximum Gasteiger partial charge on any atom is 0.282 e. The van der Waals surface area contributed by atoms with Crippen molar-refractivity contribution in [3.8, 4) is 5.69 Å². The molecule has 0 unspecified atom stereocenters. The molecule has 6 nitrogen and oxygen atoms in total. The van der Waals surface area contributed by atoms with Crippen LogP contribution in [-0.2, 0) is 13.5 Å².